The maximum atomic E-state index is 13.1. The number of anilines is 1. The number of amides is 2. The van der Waals surface area contributed by atoms with E-state index in [-0.39, 0.29) is 17.3 Å². The van der Waals surface area contributed by atoms with Crippen molar-refractivity contribution in [2.45, 2.75) is 37.6 Å². The number of rotatable bonds is 6. The standard InChI is InChI=1S/C24H27N3O4S/c1-18-8-7-9-19(14-18)25-23(28)17-32(30,31)22-15-27(21-11-4-3-10-20(21)22)16-24(29)26-12-5-2-6-13-26/h3-4,7-11,14-15H,2,5-6,12-13,16-17H2,1H3,(H,25,28). The van der Waals surface area contributed by atoms with Gasteiger partial charge in [0.05, 0.1) is 4.90 Å². The molecule has 1 aliphatic heterocycles. The van der Waals surface area contributed by atoms with Crippen LogP contribution in [0.3, 0.4) is 0 Å². The van der Waals surface area contributed by atoms with Crippen molar-refractivity contribution in [1.82, 2.24) is 9.47 Å². The molecule has 1 N–H and O–H groups in total. The topological polar surface area (TPSA) is 88.5 Å². The number of aromatic nitrogens is 1. The van der Waals surface area contributed by atoms with Gasteiger partial charge in [0.2, 0.25) is 11.8 Å². The summed E-state index contributed by atoms with van der Waals surface area (Å²) in [7, 11) is -3.91. The monoisotopic (exact) mass is 453 g/mol. The van der Waals surface area contributed by atoms with Crippen molar-refractivity contribution in [3.63, 3.8) is 0 Å². The highest BCUT2D eigenvalue weighted by Gasteiger charge is 2.26. The number of para-hydroxylation sites is 1. The van der Waals surface area contributed by atoms with Crippen molar-refractivity contribution in [1.29, 1.82) is 0 Å². The van der Waals surface area contributed by atoms with Crippen molar-refractivity contribution in [3.05, 3.63) is 60.3 Å². The Morgan fingerprint density at radius 2 is 1.75 bits per heavy atom. The van der Waals surface area contributed by atoms with Gasteiger partial charge in [0.15, 0.2) is 9.84 Å². The molecule has 0 spiro atoms. The van der Waals surface area contributed by atoms with Crippen molar-refractivity contribution in [2.75, 3.05) is 24.2 Å². The largest absolute Gasteiger partial charge is 0.341 e. The first-order valence-corrected chi connectivity index (χ1v) is 12.4. The number of piperidine rings is 1. The number of carbonyl (C=O) groups excluding carboxylic acids is 2. The lowest BCUT2D eigenvalue weighted by molar-refractivity contribution is -0.132. The highest BCUT2D eigenvalue weighted by Crippen LogP contribution is 2.27. The molecule has 4 rings (SSSR count). The van der Waals surface area contributed by atoms with E-state index in [4.69, 9.17) is 0 Å². The minimum absolute atomic E-state index is 0.0217. The number of nitrogens with zero attached hydrogens (tertiary/aromatic N) is 2. The number of aryl methyl sites for hydroxylation is 1. The molecule has 32 heavy (non-hydrogen) atoms. The average Bonchev–Trinajstić information content (AvgIpc) is 3.13. The van der Waals surface area contributed by atoms with E-state index in [9.17, 15) is 18.0 Å². The number of benzene rings is 2. The number of carbonyl (C=O) groups is 2. The fraction of sp³-hybridized carbons (Fsp3) is 0.333. The second kappa shape index (κ2) is 9.16. The molecule has 0 saturated carbocycles. The van der Waals surface area contributed by atoms with Crippen LogP contribution in [0.2, 0.25) is 0 Å². The van der Waals surface area contributed by atoms with E-state index < -0.39 is 21.5 Å². The van der Waals surface area contributed by atoms with Gasteiger partial charge in [-0.2, -0.15) is 0 Å². The van der Waals surface area contributed by atoms with Gasteiger partial charge in [-0.1, -0.05) is 30.3 Å². The molecule has 2 heterocycles. The zero-order valence-electron chi connectivity index (χ0n) is 18.1. The van der Waals surface area contributed by atoms with Crippen molar-refractivity contribution >= 4 is 38.2 Å². The Balaban J connectivity index is 1.57. The van der Waals surface area contributed by atoms with Gasteiger partial charge in [0.1, 0.15) is 12.3 Å². The van der Waals surface area contributed by atoms with Crippen LogP contribution in [0, 0.1) is 6.92 Å². The maximum Gasteiger partial charge on any atom is 0.242 e. The predicted octanol–water partition coefficient (Wildman–Crippen LogP) is 3.37. The van der Waals surface area contributed by atoms with Crippen LogP contribution in [0.25, 0.3) is 10.9 Å². The lowest BCUT2D eigenvalue weighted by Crippen LogP contribution is -2.37. The molecule has 168 valence electrons. The third-order valence-electron chi connectivity index (χ3n) is 5.72. The Morgan fingerprint density at radius 1 is 1.00 bits per heavy atom. The molecular formula is C24H27N3O4S. The lowest BCUT2D eigenvalue weighted by atomic mass is 10.1. The fourth-order valence-corrected chi connectivity index (χ4v) is 5.52. The first-order valence-electron chi connectivity index (χ1n) is 10.8. The normalized spacial score (nSPS) is 14.5. The molecule has 1 aromatic heterocycles. The minimum Gasteiger partial charge on any atom is -0.341 e. The summed E-state index contributed by atoms with van der Waals surface area (Å²) >= 11 is 0. The number of sulfone groups is 1. The van der Waals surface area contributed by atoms with Gasteiger partial charge in [-0.25, -0.2) is 8.42 Å². The third-order valence-corrected chi connectivity index (χ3v) is 7.36. The van der Waals surface area contributed by atoms with Crippen LogP contribution in [0.4, 0.5) is 5.69 Å². The average molecular weight is 454 g/mol. The molecule has 1 aliphatic rings. The Labute approximate surface area is 187 Å². The molecule has 1 fully saturated rings. The molecule has 0 aliphatic carbocycles. The summed E-state index contributed by atoms with van der Waals surface area (Å²) in [5, 5.41) is 3.17. The summed E-state index contributed by atoms with van der Waals surface area (Å²) in [6.07, 6.45) is 4.60. The molecule has 0 radical (unpaired) electrons. The molecule has 2 amide bonds. The zero-order valence-corrected chi connectivity index (χ0v) is 18.9. The summed E-state index contributed by atoms with van der Waals surface area (Å²) in [5.41, 5.74) is 2.18. The molecular weight excluding hydrogens is 426 g/mol. The second-order valence-electron chi connectivity index (χ2n) is 8.26. The Bertz CT molecular complexity index is 1260. The van der Waals surface area contributed by atoms with E-state index in [1.54, 1.807) is 41.0 Å². The van der Waals surface area contributed by atoms with E-state index in [0.29, 0.717) is 16.6 Å². The van der Waals surface area contributed by atoms with Crippen LogP contribution in [0.15, 0.2) is 59.6 Å². The van der Waals surface area contributed by atoms with E-state index in [0.717, 1.165) is 37.9 Å². The van der Waals surface area contributed by atoms with Gasteiger partial charge in [0, 0.05) is 35.9 Å². The smallest absolute Gasteiger partial charge is 0.242 e. The molecule has 7 nitrogen and oxygen atoms in total. The zero-order chi connectivity index (χ0) is 22.7. The lowest BCUT2D eigenvalue weighted by Gasteiger charge is -2.27. The van der Waals surface area contributed by atoms with Crippen molar-refractivity contribution in [2.24, 2.45) is 0 Å². The Kier molecular flexibility index (Phi) is 6.32. The fourth-order valence-electron chi connectivity index (χ4n) is 4.15. The van der Waals surface area contributed by atoms with Gasteiger partial charge < -0.3 is 14.8 Å². The van der Waals surface area contributed by atoms with Gasteiger partial charge in [0.25, 0.3) is 0 Å². The second-order valence-corrected chi connectivity index (χ2v) is 10.2. The van der Waals surface area contributed by atoms with E-state index in [2.05, 4.69) is 5.32 Å². The number of hydrogen-bond acceptors (Lipinski definition) is 4. The molecule has 0 bridgehead atoms. The van der Waals surface area contributed by atoms with E-state index in [1.807, 2.05) is 24.0 Å². The van der Waals surface area contributed by atoms with E-state index >= 15 is 0 Å². The molecule has 0 unspecified atom stereocenters. The van der Waals surface area contributed by atoms with Gasteiger partial charge in [-0.15, -0.1) is 0 Å². The summed E-state index contributed by atoms with van der Waals surface area (Å²) in [6.45, 7) is 3.45. The highest BCUT2D eigenvalue weighted by atomic mass is 32.2. The van der Waals surface area contributed by atoms with Gasteiger partial charge >= 0.3 is 0 Å². The minimum atomic E-state index is -3.91. The summed E-state index contributed by atoms with van der Waals surface area (Å²) in [6, 6.07) is 14.3. The van der Waals surface area contributed by atoms with E-state index in [1.165, 1.54) is 6.20 Å². The molecule has 0 atom stereocenters. The molecule has 3 aromatic rings. The summed E-state index contributed by atoms with van der Waals surface area (Å²) in [4.78, 5) is 27.2. The van der Waals surface area contributed by atoms with Gasteiger partial charge in [-0.05, 0) is 49.9 Å². The predicted molar refractivity (Wildman–Crippen MR) is 124 cm³/mol. The van der Waals surface area contributed by atoms with Crippen LogP contribution in [-0.4, -0.2) is 48.5 Å². The molecule has 1 saturated heterocycles. The first kappa shape index (κ1) is 22.1. The van der Waals surface area contributed by atoms with Crippen LogP contribution in [0.1, 0.15) is 24.8 Å². The Morgan fingerprint density at radius 3 is 2.50 bits per heavy atom. The number of hydrogen-bond donors (Lipinski definition) is 1. The van der Waals surface area contributed by atoms with Crippen LogP contribution in [-0.2, 0) is 26.0 Å². The number of nitrogens with one attached hydrogen (secondary N) is 1. The van der Waals surface area contributed by atoms with Crippen LogP contribution in [0.5, 0.6) is 0 Å². The van der Waals surface area contributed by atoms with Crippen molar-refractivity contribution < 1.29 is 18.0 Å². The summed E-state index contributed by atoms with van der Waals surface area (Å²) < 4.78 is 28.0. The maximum absolute atomic E-state index is 13.1. The quantitative estimate of drug-likeness (QED) is 0.620. The number of fused-ring (bicyclic) bond motifs is 1. The summed E-state index contributed by atoms with van der Waals surface area (Å²) in [5.74, 6) is -1.29. The van der Waals surface area contributed by atoms with Gasteiger partial charge in [-0.3, -0.25) is 9.59 Å². The Hall–Kier alpha value is -3.13. The first-order chi connectivity index (χ1) is 15.3. The number of likely N-dealkylation sites (tertiary alicyclic amines) is 1. The molecule has 2 aromatic carbocycles. The van der Waals surface area contributed by atoms with Crippen LogP contribution < -0.4 is 5.32 Å². The highest BCUT2D eigenvalue weighted by molar-refractivity contribution is 7.92. The SMILES string of the molecule is Cc1cccc(NC(=O)CS(=O)(=O)c2cn(CC(=O)N3CCCCC3)c3ccccc23)c1. The third kappa shape index (κ3) is 4.85. The van der Waals surface area contributed by atoms with Crippen LogP contribution >= 0.6 is 0 Å². The molecule has 8 heteroatoms. The van der Waals surface area contributed by atoms with Crippen molar-refractivity contribution in [3.8, 4) is 0 Å².